The summed E-state index contributed by atoms with van der Waals surface area (Å²) in [5, 5.41) is 1.09. The highest BCUT2D eigenvalue weighted by Crippen LogP contribution is 2.34. The Bertz CT molecular complexity index is 534. The topological polar surface area (TPSA) is 73.3 Å². The van der Waals surface area contributed by atoms with Crippen LogP contribution in [0.3, 0.4) is 0 Å². The zero-order valence-electron chi connectivity index (χ0n) is 12.0. The summed E-state index contributed by atoms with van der Waals surface area (Å²) in [7, 11) is 1.18. The van der Waals surface area contributed by atoms with Crippen molar-refractivity contribution < 1.29 is 17.9 Å². The highest BCUT2D eigenvalue weighted by Gasteiger charge is 2.16. The minimum atomic E-state index is -3.20. The number of hydrogen-bond donors (Lipinski definition) is 0. The third kappa shape index (κ3) is 8.33. The van der Waals surface area contributed by atoms with Gasteiger partial charge in [-0.15, -0.1) is 0 Å². The van der Waals surface area contributed by atoms with E-state index in [1.165, 1.54) is 17.9 Å². The number of carbonyl (C=O) groups is 1. The van der Waals surface area contributed by atoms with Crippen molar-refractivity contribution in [1.29, 1.82) is 0 Å². The van der Waals surface area contributed by atoms with Gasteiger partial charge in [-0.25, -0.2) is 13.4 Å². The highest BCUT2D eigenvalue weighted by atomic mass is 33.1. The van der Waals surface area contributed by atoms with Crippen LogP contribution in [0.15, 0.2) is 29.4 Å². The van der Waals surface area contributed by atoms with Crippen LogP contribution in [0.5, 0.6) is 0 Å². The van der Waals surface area contributed by atoms with E-state index in [1.807, 2.05) is 25.1 Å². The number of carbonyl (C=O) groups excluding carboxylic acids is 1. The molecule has 0 radical (unpaired) electrons. The number of hydrogen-bond acceptors (Lipinski definition) is 7. The summed E-state index contributed by atoms with van der Waals surface area (Å²) in [5.74, 6) is -0.558. The maximum absolute atomic E-state index is 11.8. The van der Waals surface area contributed by atoms with Crippen LogP contribution < -0.4 is 0 Å². The van der Waals surface area contributed by atoms with Crippen molar-refractivity contribution in [2.45, 2.75) is 30.0 Å². The predicted octanol–water partition coefficient (Wildman–Crippen LogP) is 2.58. The zero-order chi connectivity index (χ0) is 15.7. The average molecular weight is 349 g/mol. The lowest BCUT2D eigenvalue weighted by Crippen LogP contribution is -2.17. The first kappa shape index (κ1) is 18.3. The van der Waals surface area contributed by atoms with Crippen molar-refractivity contribution in [2.75, 3.05) is 18.6 Å². The quantitative estimate of drug-likeness (QED) is 0.501. The lowest BCUT2D eigenvalue weighted by atomic mass is 10.4. The van der Waals surface area contributed by atoms with Crippen molar-refractivity contribution in [3.8, 4) is 0 Å². The second-order valence-corrected chi connectivity index (χ2v) is 9.39. The molecule has 0 saturated heterocycles. The van der Waals surface area contributed by atoms with Crippen LogP contribution in [0.4, 0.5) is 0 Å². The SMILES string of the molecule is COC(=O)CCS(=O)(=O)CCC(C)SSc1ccccn1. The van der Waals surface area contributed by atoms with E-state index in [-0.39, 0.29) is 23.2 Å². The minimum absolute atomic E-state index is 0.0803. The number of aromatic nitrogens is 1. The molecule has 21 heavy (non-hydrogen) atoms. The van der Waals surface area contributed by atoms with Gasteiger partial charge in [0.05, 0.1) is 25.0 Å². The van der Waals surface area contributed by atoms with Gasteiger partial charge in [0.25, 0.3) is 0 Å². The van der Waals surface area contributed by atoms with Gasteiger partial charge in [-0.3, -0.25) is 4.79 Å². The summed E-state index contributed by atoms with van der Waals surface area (Å²) in [6.07, 6.45) is 2.20. The van der Waals surface area contributed by atoms with Gasteiger partial charge in [-0.2, -0.15) is 0 Å². The molecule has 8 heteroatoms. The molecule has 1 aromatic heterocycles. The molecule has 118 valence electrons. The van der Waals surface area contributed by atoms with E-state index in [0.29, 0.717) is 6.42 Å². The van der Waals surface area contributed by atoms with Gasteiger partial charge in [-0.1, -0.05) is 23.8 Å². The Morgan fingerprint density at radius 3 is 2.76 bits per heavy atom. The fourth-order valence-corrected chi connectivity index (χ4v) is 5.00. The van der Waals surface area contributed by atoms with Gasteiger partial charge in [0.15, 0.2) is 9.84 Å². The van der Waals surface area contributed by atoms with Crippen LogP contribution in [0.25, 0.3) is 0 Å². The number of ether oxygens (including phenoxy) is 1. The van der Waals surface area contributed by atoms with E-state index in [0.717, 1.165) is 5.03 Å². The van der Waals surface area contributed by atoms with Gasteiger partial charge in [-0.05, 0) is 29.3 Å². The van der Waals surface area contributed by atoms with E-state index in [9.17, 15) is 13.2 Å². The first-order valence-corrected chi connectivity index (χ1v) is 10.5. The van der Waals surface area contributed by atoms with Gasteiger partial charge in [0, 0.05) is 11.4 Å². The molecule has 0 N–H and O–H groups in total. The molecule has 1 rings (SSSR count). The molecule has 0 aliphatic carbocycles. The molecule has 0 amide bonds. The molecule has 0 fully saturated rings. The maximum Gasteiger partial charge on any atom is 0.306 e. The average Bonchev–Trinajstić information content (AvgIpc) is 2.49. The van der Waals surface area contributed by atoms with E-state index < -0.39 is 15.8 Å². The third-order valence-electron chi connectivity index (χ3n) is 2.62. The van der Waals surface area contributed by atoms with Gasteiger partial charge < -0.3 is 4.74 Å². The second kappa shape index (κ2) is 9.32. The number of rotatable bonds is 9. The minimum Gasteiger partial charge on any atom is -0.469 e. The number of methoxy groups -OCH3 is 1. The summed E-state index contributed by atoms with van der Waals surface area (Å²) < 4.78 is 28.0. The summed E-state index contributed by atoms with van der Waals surface area (Å²) in [4.78, 5) is 15.1. The first-order chi connectivity index (χ1) is 9.93. The van der Waals surface area contributed by atoms with E-state index in [2.05, 4.69) is 9.72 Å². The molecular weight excluding hydrogens is 330 g/mol. The Balaban J connectivity index is 2.28. The van der Waals surface area contributed by atoms with Crippen LogP contribution in [-0.2, 0) is 19.4 Å². The standard InChI is InChI=1S/C13H19NO4S3/c1-11(19-20-12-5-3-4-8-14-12)6-9-21(16,17)10-7-13(15)18-2/h3-5,8,11H,6-7,9-10H2,1-2H3. The molecule has 0 bridgehead atoms. The smallest absolute Gasteiger partial charge is 0.306 e. The summed E-state index contributed by atoms with van der Waals surface area (Å²) >= 11 is 0. The van der Waals surface area contributed by atoms with Gasteiger partial charge in [0.1, 0.15) is 5.03 Å². The largest absolute Gasteiger partial charge is 0.469 e. The van der Waals surface area contributed by atoms with Crippen LogP contribution >= 0.6 is 21.6 Å². The van der Waals surface area contributed by atoms with Crippen LogP contribution in [0.1, 0.15) is 19.8 Å². The van der Waals surface area contributed by atoms with Crippen molar-refractivity contribution in [2.24, 2.45) is 0 Å². The summed E-state index contributed by atoms with van der Waals surface area (Å²) in [6.45, 7) is 1.98. The first-order valence-electron chi connectivity index (χ1n) is 6.44. The van der Waals surface area contributed by atoms with Crippen molar-refractivity contribution in [3.05, 3.63) is 24.4 Å². The Hall–Kier alpha value is -0.730. The summed E-state index contributed by atoms with van der Waals surface area (Å²) in [6, 6.07) is 5.68. The van der Waals surface area contributed by atoms with E-state index >= 15 is 0 Å². The lowest BCUT2D eigenvalue weighted by molar-refractivity contribution is -0.140. The Labute approximate surface area is 133 Å². The van der Waals surface area contributed by atoms with E-state index in [1.54, 1.807) is 17.0 Å². The predicted molar refractivity (Wildman–Crippen MR) is 87.1 cm³/mol. The van der Waals surface area contributed by atoms with Crippen LogP contribution in [0.2, 0.25) is 0 Å². The monoisotopic (exact) mass is 349 g/mol. The molecule has 5 nitrogen and oxygen atoms in total. The Morgan fingerprint density at radius 2 is 2.14 bits per heavy atom. The second-order valence-electron chi connectivity index (χ2n) is 4.42. The van der Waals surface area contributed by atoms with Crippen molar-refractivity contribution in [3.63, 3.8) is 0 Å². The fourth-order valence-electron chi connectivity index (χ4n) is 1.36. The van der Waals surface area contributed by atoms with Crippen molar-refractivity contribution in [1.82, 2.24) is 4.98 Å². The molecule has 0 saturated carbocycles. The number of sulfone groups is 1. The van der Waals surface area contributed by atoms with Gasteiger partial charge >= 0.3 is 5.97 Å². The van der Waals surface area contributed by atoms with E-state index in [4.69, 9.17) is 0 Å². The maximum atomic E-state index is 11.8. The molecule has 1 aromatic rings. The lowest BCUT2D eigenvalue weighted by Gasteiger charge is -2.10. The summed E-state index contributed by atoms with van der Waals surface area (Å²) in [5.41, 5.74) is 0. The fraction of sp³-hybridized carbons (Fsp3) is 0.538. The molecule has 0 aliphatic rings. The molecule has 0 aromatic carbocycles. The number of nitrogens with zero attached hydrogens (tertiary/aromatic N) is 1. The van der Waals surface area contributed by atoms with Gasteiger partial charge in [0.2, 0.25) is 0 Å². The normalized spacial score (nSPS) is 12.9. The Kier molecular flexibility index (Phi) is 8.13. The number of pyridine rings is 1. The highest BCUT2D eigenvalue weighted by molar-refractivity contribution is 8.76. The van der Waals surface area contributed by atoms with Crippen LogP contribution in [0, 0.1) is 0 Å². The zero-order valence-corrected chi connectivity index (χ0v) is 14.5. The molecule has 1 atom stereocenters. The molecule has 1 unspecified atom stereocenters. The van der Waals surface area contributed by atoms with Crippen molar-refractivity contribution >= 4 is 37.4 Å². The molecule has 0 spiro atoms. The number of esters is 1. The molecular formula is C13H19NO4S3. The Morgan fingerprint density at radius 1 is 1.38 bits per heavy atom. The molecule has 1 heterocycles. The third-order valence-corrected chi connectivity index (χ3v) is 7.16. The molecule has 0 aliphatic heterocycles. The van der Waals surface area contributed by atoms with Crippen LogP contribution in [-0.4, -0.2) is 43.2 Å².